The lowest BCUT2D eigenvalue weighted by molar-refractivity contribution is -0.0504. The van der Waals surface area contributed by atoms with Crippen molar-refractivity contribution in [3.8, 4) is 11.8 Å². The maximum Gasteiger partial charge on any atom is 0.387 e. The molecule has 0 bridgehead atoms. The minimum absolute atomic E-state index is 0.206. The van der Waals surface area contributed by atoms with Crippen LogP contribution in [0.4, 0.5) is 8.78 Å². The normalized spacial score (nSPS) is 10.3. The lowest BCUT2D eigenvalue weighted by Gasteiger charge is -2.11. The van der Waals surface area contributed by atoms with Crippen LogP contribution in [-0.2, 0) is 6.54 Å². The van der Waals surface area contributed by atoms with Crippen molar-refractivity contribution in [1.29, 1.82) is 5.26 Å². The molecule has 1 aromatic carbocycles. The Morgan fingerprint density at radius 2 is 2.06 bits per heavy atom. The van der Waals surface area contributed by atoms with Crippen molar-refractivity contribution in [2.75, 3.05) is 6.54 Å². The van der Waals surface area contributed by atoms with Gasteiger partial charge in [0.05, 0.1) is 6.07 Å². The van der Waals surface area contributed by atoms with Crippen LogP contribution < -0.4 is 10.1 Å². The Balaban J connectivity index is 2.35. The number of hydrogen-bond acceptors (Lipinski definition) is 3. The van der Waals surface area contributed by atoms with E-state index in [0.717, 1.165) is 19.4 Å². The minimum atomic E-state index is -2.80. The fourth-order valence-corrected chi connectivity index (χ4v) is 1.54. The summed E-state index contributed by atoms with van der Waals surface area (Å²) < 4.78 is 28.7. The highest BCUT2D eigenvalue weighted by atomic mass is 19.3. The van der Waals surface area contributed by atoms with Gasteiger partial charge in [0.2, 0.25) is 0 Å². The van der Waals surface area contributed by atoms with Crippen LogP contribution in [-0.4, -0.2) is 13.2 Å². The third-order valence-electron chi connectivity index (χ3n) is 2.40. The highest BCUT2D eigenvalue weighted by molar-refractivity contribution is 5.33. The Labute approximate surface area is 105 Å². The monoisotopic (exact) mass is 254 g/mol. The predicted octanol–water partition coefficient (Wildman–Crippen LogP) is 3.07. The van der Waals surface area contributed by atoms with Crippen LogP contribution in [0.1, 0.15) is 24.8 Å². The second kappa shape index (κ2) is 8.43. The zero-order chi connectivity index (χ0) is 13.2. The van der Waals surface area contributed by atoms with E-state index in [1.807, 2.05) is 0 Å². The maximum absolute atomic E-state index is 12.2. The first-order valence-corrected chi connectivity index (χ1v) is 5.84. The third-order valence-corrected chi connectivity index (χ3v) is 2.40. The van der Waals surface area contributed by atoms with Crippen molar-refractivity contribution in [2.24, 2.45) is 0 Å². The van der Waals surface area contributed by atoms with Gasteiger partial charge in [-0.3, -0.25) is 0 Å². The van der Waals surface area contributed by atoms with Crippen LogP contribution in [0.5, 0.6) is 5.75 Å². The molecule has 0 atom stereocenters. The molecule has 1 rings (SSSR count). The van der Waals surface area contributed by atoms with Crippen LogP contribution in [0.25, 0.3) is 0 Å². The summed E-state index contributed by atoms with van der Waals surface area (Å²) >= 11 is 0. The number of alkyl halides is 2. The van der Waals surface area contributed by atoms with Gasteiger partial charge in [0.1, 0.15) is 5.75 Å². The van der Waals surface area contributed by atoms with Crippen LogP contribution in [0.15, 0.2) is 24.3 Å². The number of nitriles is 1. The van der Waals surface area contributed by atoms with E-state index in [4.69, 9.17) is 5.26 Å². The van der Waals surface area contributed by atoms with Crippen LogP contribution in [0, 0.1) is 11.3 Å². The van der Waals surface area contributed by atoms with E-state index in [0.29, 0.717) is 18.5 Å². The molecule has 0 aliphatic heterocycles. The molecule has 18 heavy (non-hydrogen) atoms. The molecule has 0 aliphatic rings. The molecule has 0 spiro atoms. The molecule has 0 fully saturated rings. The summed E-state index contributed by atoms with van der Waals surface area (Å²) in [4.78, 5) is 0. The first-order chi connectivity index (χ1) is 8.74. The van der Waals surface area contributed by atoms with Crippen molar-refractivity contribution in [2.45, 2.75) is 32.4 Å². The molecule has 98 valence electrons. The predicted molar refractivity (Wildman–Crippen MR) is 64.2 cm³/mol. The number of hydrogen-bond donors (Lipinski definition) is 1. The highest BCUT2D eigenvalue weighted by Crippen LogP contribution is 2.19. The summed E-state index contributed by atoms with van der Waals surface area (Å²) in [6.07, 6.45) is 2.29. The smallest absolute Gasteiger partial charge is 0.387 e. The third kappa shape index (κ3) is 5.60. The molecule has 0 radical (unpaired) electrons. The second-order valence-electron chi connectivity index (χ2n) is 3.78. The second-order valence-corrected chi connectivity index (χ2v) is 3.78. The van der Waals surface area contributed by atoms with Crippen molar-refractivity contribution >= 4 is 0 Å². The van der Waals surface area contributed by atoms with E-state index in [2.05, 4.69) is 16.1 Å². The topological polar surface area (TPSA) is 45.0 Å². The van der Waals surface area contributed by atoms with Crippen molar-refractivity contribution in [3.05, 3.63) is 29.8 Å². The number of nitrogens with zero attached hydrogens (tertiary/aromatic N) is 1. The SMILES string of the molecule is N#CCCCCNCc1ccccc1OC(F)F. The van der Waals surface area contributed by atoms with E-state index in [-0.39, 0.29) is 5.75 Å². The Morgan fingerprint density at radius 1 is 1.28 bits per heavy atom. The summed E-state index contributed by atoms with van der Waals surface area (Å²) in [6.45, 7) is -1.57. The van der Waals surface area contributed by atoms with E-state index in [9.17, 15) is 8.78 Å². The van der Waals surface area contributed by atoms with Gasteiger partial charge in [-0.15, -0.1) is 0 Å². The number of rotatable bonds is 8. The quantitative estimate of drug-likeness (QED) is 0.725. The Hall–Kier alpha value is -1.67. The summed E-state index contributed by atoms with van der Waals surface area (Å²) in [6, 6.07) is 8.80. The molecule has 1 N–H and O–H groups in total. The number of unbranched alkanes of at least 4 members (excludes halogenated alkanes) is 2. The van der Waals surface area contributed by atoms with Crippen molar-refractivity contribution < 1.29 is 13.5 Å². The zero-order valence-electron chi connectivity index (χ0n) is 10.0. The summed E-state index contributed by atoms with van der Waals surface area (Å²) in [5.41, 5.74) is 0.707. The Kier molecular flexibility index (Phi) is 6.74. The average molecular weight is 254 g/mol. The highest BCUT2D eigenvalue weighted by Gasteiger charge is 2.08. The molecule has 3 nitrogen and oxygen atoms in total. The van der Waals surface area contributed by atoms with Crippen LogP contribution in [0.2, 0.25) is 0 Å². The van der Waals surface area contributed by atoms with Gasteiger partial charge in [-0.25, -0.2) is 0 Å². The molecular weight excluding hydrogens is 238 g/mol. The molecule has 0 aliphatic carbocycles. The zero-order valence-corrected chi connectivity index (χ0v) is 10.0. The molecule has 0 amide bonds. The Bertz CT molecular complexity index is 391. The lowest BCUT2D eigenvalue weighted by Crippen LogP contribution is -2.16. The van der Waals surface area contributed by atoms with E-state index in [1.54, 1.807) is 18.2 Å². The lowest BCUT2D eigenvalue weighted by atomic mass is 10.2. The molecule has 0 aromatic heterocycles. The van der Waals surface area contributed by atoms with Crippen molar-refractivity contribution in [3.63, 3.8) is 0 Å². The van der Waals surface area contributed by atoms with Gasteiger partial charge < -0.3 is 10.1 Å². The van der Waals surface area contributed by atoms with Gasteiger partial charge in [-0.05, 0) is 25.5 Å². The average Bonchev–Trinajstić information content (AvgIpc) is 2.35. The number of halogens is 2. The van der Waals surface area contributed by atoms with Crippen LogP contribution in [0.3, 0.4) is 0 Å². The maximum atomic E-state index is 12.2. The molecule has 1 aromatic rings. The van der Waals surface area contributed by atoms with E-state index >= 15 is 0 Å². The van der Waals surface area contributed by atoms with Gasteiger partial charge in [0.25, 0.3) is 0 Å². The summed E-state index contributed by atoms with van der Waals surface area (Å²) in [5, 5.41) is 11.5. The molecule has 5 heteroatoms. The van der Waals surface area contributed by atoms with Gasteiger partial charge >= 0.3 is 6.61 Å². The number of nitrogens with one attached hydrogen (secondary N) is 1. The Morgan fingerprint density at radius 3 is 2.78 bits per heavy atom. The minimum Gasteiger partial charge on any atom is -0.434 e. The van der Waals surface area contributed by atoms with Crippen molar-refractivity contribution in [1.82, 2.24) is 5.32 Å². The first-order valence-electron chi connectivity index (χ1n) is 5.84. The summed E-state index contributed by atoms with van der Waals surface area (Å²) in [5.74, 6) is 0.206. The fourth-order valence-electron chi connectivity index (χ4n) is 1.54. The van der Waals surface area contributed by atoms with E-state index < -0.39 is 6.61 Å². The molecule has 0 unspecified atom stereocenters. The molecular formula is C13H16F2N2O. The number of benzene rings is 1. The van der Waals surface area contributed by atoms with Gasteiger partial charge in [-0.1, -0.05) is 18.2 Å². The number of para-hydroxylation sites is 1. The van der Waals surface area contributed by atoms with Gasteiger partial charge in [-0.2, -0.15) is 14.0 Å². The van der Waals surface area contributed by atoms with E-state index in [1.165, 1.54) is 6.07 Å². The largest absolute Gasteiger partial charge is 0.434 e. The molecule has 0 saturated carbocycles. The van der Waals surface area contributed by atoms with Gasteiger partial charge in [0.15, 0.2) is 0 Å². The fraction of sp³-hybridized carbons (Fsp3) is 0.462. The van der Waals surface area contributed by atoms with Crippen LogP contribution >= 0.6 is 0 Å². The standard InChI is InChI=1S/C13H16F2N2O/c14-13(15)18-12-7-3-2-6-11(12)10-17-9-5-1-4-8-16/h2-3,6-7,13,17H,1,4-5,9-10H2. The first kappa shape index (κ1) is 14.4. The number of ether oxygens (including phenoxy) is 1. The van der Waals surface area contributed by atoms with Gasteiger partial charge in [0, 0.05) is 18.5 Å². The molecule has 0 saturated heterocycles. The molecule has 0 heterocycles. The summed E-state index contributed by atoms with van der Waals surface area (Å²) in [7, 11) is 0.